The van der Waals surface area contributed by atoms with Crippen molar-refractivity contribution >= 4 is 11.6 Å². The zero-order valence-corrected chi connectivity index (χ0v) is 12.8. The van der Waals surface area contributed by atoms with Crippen molar-refractivity contribution in [2.24, 2.45) is 11.1 Å². The van der Waals surface area contributed by atoms with Crippen molar-refractivity contribution in [2.75, 3.05) is 0 Å². The van der Waals surface area contributed by atoms with Gasteiger partial charge < -0.3 is 10.5 Å². The number of benzene rings is 1. The maximum Gasteiger partial charge on any atom is 0.138 e. The molecule has 0 unspecified atom stereocenters. The first kappa shape index (κ1) is 14.7. The molecule has 0 aliphatic heterocycles. The summed E-state index contributed by atoms with van der Waals surface area (Å²) in [5.41, 5.74) is 7.35. The Kier molecular flexibility index (Phi) is 4.42. The molecular weight excluding hydrogens is 258 g/mol. The van der Waals surface area contributed by atoms with Crippen molar-refractivity contribution in [1.29, 1.82) is 0 Å². The summed E-state index contributed by atoms with van der Waals surface area (Å²) in [6.45, 7) is 6.61. The first-order valence-corrected chi connectivity index (χ1v) is 7.47. The van der Waals surface area contributed by atoms with E-state index in [1.54, 1.807) is 0 Å². The van der Waals surface area contributed by atoms with Crippen LogP contribution in [0.25, 0.3) is 0 Å². The van der Waals surface area contributed by atoms with E-state index in [0.717, 1.165) is 24.2 Å². The van der Waals surface area contributed by atoms with Gasteiger partial charge in [0.2, 0.25) is 0 Å². The van der Waals surface area contributed by atoms with Gasteiger partial charge in [-0.25, -0.2) is 0 Å². The monoisotopic (exact) mass is 281 g/mol. The fourth-order valence-electron chi connectivity index (χ4n) is 2.57. The second-order valence-electron chi connectivity index (χ2n) is 6.46. The summed E-state index contributed by atoms with van der Waals surface area (Å²) in [6.07, 6.45) is 4.95. The van der Waals surface area contributed by atoms with Crippen molar-refractivity contribution in [1.82, 2.24) is 0 Å². The Morgan fingerprint density at radius 2 is 1.95 bits per heavy atom. The Bertz CT molecular complexity index is 432. The molecule has 2 N–H and O–H groups in total. The molecule has 0 saturated heterocycles. The highest BCUT2D eigenvalue weighted by molar-refractivity contribution is 6.32. The first-order chi connectivity index (χ1) is 8.87. The second kappa shape index (κ2) is 5.72. The van der Waals surface area contributed by atoms with Crippen LogP contribution in [-0.2, 0) is 0 Å². The third-order valence-corrected chi connectivity index (χ3v) is 4.36. The summed E-state index contributed by atoms with van der Waals surface area (Å²) >= 11 is 6.27. The summed E-state index contributed by atoms with van der Waals surface area (Å²) in [5, 5.41) is 0.666. The van der Waals surface area contributed by atoms with Crippen molar-refractivity contribution in [3.05, 3.63) is 28.8 Å². The van der Waals surface area contributed by atoms with Crippen LogP contribution in [0, 0.1) is 5.41 Å². The molecule has 3 heteroatoms. The third-order valence-electron chi connectivity index (χ3n) is 4.06. The SMILES string of the molecule is C[C@H](N)c1ccc(OC2CCC(C)(C)CC2)c(Cl)c1. The van der Waals surface area contributed by atoms with Gasteiger partial charge in [0, 0.05) is 6.04 Å². The van der Waals surface area contributed by atoms with Gasteiger partial charge >= 0.3 is 0 Å². The van der Waals surface area contributed by atoms with Crippen LogP contribution < -0.4 is 10.5 Å². The summed E-state index contributed by atoms with van der Waals surface area (Å²) < 4.78 is 6.04. The molecule has 1 aliphatic rings. The number of ether oxygens (including phenoxy) is 1. The molecule has 19 heavy (non-hydrogen) atoms. The summed E-state index contributed by atoms with van der Waals surface area (Å²) in [7, 11) is 0. The molecule has 0 aromatic heterocycles. The zero-order valence-electron chi connectivity index (χ0n) is 12.1. The van der Waals surface area contributed by atoms with Crippen LogP contribution in [0.4, 0.5) is 0 Å². The summed E-state index contributed by atoms with van der Waals surface area (Å²) in [6, 6.07) is 5.86. The van der Waals surface area contributed by atoms with Crippen LogP contribution in [-0.4, -0.2) is 6.10 Å². The van der Waals surface area contributed by atoms with Gasteiger partial charge in [0.15, 0.2) is 0 Å². The molecule has 1 saturated carbocycles. The Labute approximate surface area is 121 Å². The van der Waals surface area contributed by atoms with Crippen molar-refractivity contribution < 1.29 is 4.74 Å². The quantitative estimate of drug-likeness (QED) is 0.871. The lowest BCUT2D eigenvalue weighted by Gasteiger charge is -2.34. The van der Waals surface area contributed by atoms with Gasteiger partial charge in [0.25, 0.3) is 0 Å². The molecule has 0 spiro atoms. The predicted molar refractivity (Wildman–Crippen MR) is 80.7 cm³/mol. The van der Waals surface area contributed by atoms with Gasteiger partial charge in [-0.05, 0) is 55.7 Å². The predicted octanol–water partition coefficient (Wildman–Crippen LogP) is 4.71. The van der Waals surface area contributed by atoms with Gasteiger partial charge in [-0.3, -0.25) is 0 Å². The van der Waals surface area contributed by atoms with E-state index in [0.29, 0.717) is 16.5 Å². The van der Waals surface area contributed by atoms with Crippen LogP contribution in [0.2, 0.25) is 5.02 Å². The molecule has 0 heterocycles. The van der Waals surface area contributed by atoms with Crippen LogP contribution >= 0.6 is 11.6 Å². The van der Waals surface area contributed by atoms with Crippen LogP contribution in [0.5, 0.6) is 5.75 Å². The lowest BCUT2D eigenvalue weighted by atomic mass is 9.76. The molecule has 106 valence electrons. The van der Waals surface area contributed by atoms with Gasteiger partial charge in [-0.2, -0.15) is 0 Å². The van der Waals surface area contributed by atoms with Crippen LogP contribution in [0.15, 0.2) is 18.2 Å². The zero-order chi connectivity index (χ0) is 14.0. The highest BCUT2D eigenvalue weighted by atomic mass is 35.5. The van der Waals surface area contributed by atoms with E-state index in [1.807, 2.05) is 25.1 Å². The Balaban J connectivity index is 2.00. The normalized spacial score (nSPS) is 21.1. The molecule has 1 aromatic rings. The minimum atomic E-state index is 0.00188. The lowest BCUT2D eigenvalue weighted by Crippen LogP contribution is -2.28. The Morgan fingerprint density at radius 3 is 2.47 bits per heavy atom. The average molecular weight is 282 g/mol. The van der Waals surface area contributed by atoms with E-state index in [1.165, 1.54) is 12.8 Å². The first-order valence-electron chi connectivity index (χ1n) is 7.09. The van der Waals surface area contributed by atoms with E-state index < -0.39 is 0 Å². The van der Waals surface area contributed by atoms with E-state index in [4.69, 9.17) is 22.1 Å². The molecule has 0 amide bonds. The molecule has 0 radical (unpaired) electrons. The topological polar surface area (TPSA) is 35.2 Å². The van der Waals surface area contributed by atoms with Gasteiger partial charge in [-0.15, -0.1) is 0 Å². The summed E-state index contributed by atoms with van der Waals surface area (Å²) in [4.78, 5) is 0. The van der Waals surface area contributed by atoms with Crippen LogP contribution in [0.1, 0.15) is 58.1 Å². The number of halogens is 1. The van der Waals surface area contributed by atoms with Crippen molar-refractivity contribution in [3.8, 4) is 5.75 Å². The van der Waals surface area contributed by atoms with E-state index in [-0.39, 0.29) is 6.04 Å². The number of nitrogens with two attached hydrogens (primary N) is 1. The van der Waals surface area contributed by atoms with Crippen molar-refractivity contribution in [3.63, 3.8) is 0 Å². The lowest BCUT2D eigenvalue weighted by molar-refractivity contribution is 0.0988. The minimum absolute atomic E-state index is 0.00188. The van der Waals surface area contributed by atoms with E-state index in [2.05, 4.69) is 13.8 Å². The fraction of sp³-hybridized carbons (Fsp3) is 0.625. The highest BCUT2D eigenvalue weighted by Gasteiger charge is 2.28. The van der Waals surface area contributed by atoms with E-state index in [9.17, 15) is 0 Å². The Hall–Kier alpha value is -0.730. The fourth-order valence-corrected chi connectivity index (χ4v) is 2.80. The molecule has 1 aliphatic carbocycles. The molecule has 1 fully saturated rings. The molecule has 1 aromatic carbocycles. The van der Waals surface area contributed by atoms with Gasteiger partial charge in [-0.1, -0.05) is 31.5 Å². The number of hydrogen-bond donors (Lipinski definition) is 1. The number of hydrogen-bond acceptors (Lipinski definition) is 2. The summed E-state index contributed by atoms with van der Waals surface area (Å²) in [5.74, 6) is 0.788. The molecule has 2 nitrogen and oxygen atoms in total. The largest absolute Gasteiger partial charge is 0.489 e. The maximum absolute atomic E-state index is 6.27. The van der Waals surface area contributed by atoms with Crippen LogP contribution in [0.3, 0.4) is 0 Å². The third kappa shape index (κ3) is 3.87. The molecule has 1 atom stereocenters. The minimum Gasteiger partial charge on any atom is -0.489 e. The van der Waals surface area contributed by atoms with Crippen molar-refractivity contribution in [2.45, 2.75) is 58.6 Å². The standard InChI is InChI=1S/C16H24ClNO/c1-11(18)12-4-5-15(14(17)10-12)19-13-6-8-16(2,3)9-7-13/h4-5,10-11,13H,6-9,18H2,1-3H3/t11-/m0/s1. The van der Waals surface area contributed by atoms with Gasteiger partial charge in [0.1, 0.15) is 5.75 Å². The second-order valence-corrected chi connectivity index (χ2v) is 6.87. The Morgan fingerprint density at radius 1 is 1.32 bits per heavy atom. The van der Waals surface area contributed by atoms with E-state index >= 15 is 0 Å². The maximum atomic E-state index is 6.27. The van der Waals surface area contributed by atoms with Gasteiger partial charge in [0.05, 0.1) is 11.1 Å². The molecule has 0 bridgehead atoms. The molecule has 2 rings (SSSR count). The smallest absolute Gasteiger partial charge is 0.138 e. The average Bonchev–Trinajstić information content (AvgIpc) is 2.34. The highest BCUT2D eigenvalue weighted by Crippen LogP contribution is 2.37. The number of rotatable bonds is 3. The molecular formula is C16H24ClNO.